The zero-order chi connectivity index (χ0) is 8.13. The molecule has 2 N–H and O–H groups in total. The summed E-state index contributed by atoms with van der Waals surface area (Å²) in [7, 11) is 0. The molecule has 2 saturated carbocycles. The van der Waals surface area contributed by atoms with E-state index in [1.54, 1.807) is 0 Å². The SMILES string of the molecule is CC1NC2CCC2C2CC[C@@H]2N1. The van der Waals surface area contributed by atoms with Crippen molar-refractivity contribution in [1.82, 2.24) is 10.6 Å². The molecule has 0 bridgehead atoms. The fraction of sp³-hybridized carbons (Fsp3) is 1.00. The predicted molar refractivity (Wildman–Crippen MR) is 48.8 cm³/mol. The van der Waals surface area contributed by atoms with Gasteiger partial charge in [0.05, 0.1) is 6.17 Å². The van der Waals surface area contributed by atoms with Crippen LogP contribution in [0.1, 0.15) is 32.6 Å². The summed E-state index contributed by atoms with van der Waals surface area (Å²) >= 11 is 0. The Morgan fingerprint density at radius 1 is 0.833 bits per heavy atom. The standard InChI is InChI=1S/C10H18N2/c1-6-11-9-4-2-7(9)8-3-5-10(8)12-6/h6-12H,2-5H2,1H3/t6?,7?,8?,9-,10?/m0/s1. The average molecular weight is 166 g/mol. The second-order valence-corrected chi connectivity index (χ2v) is 4.75. The second-order valence-electron chi connectivity index (χ2n) is 4.75. The Morgan fingerprint density at radius 2 is 1.33 bits per heavy atom. The summed E-state index contributed by atoms with van der Waals surface area (Å²) < 4.78 is 0. The first-order chi connectivity index (χ1) is 5.84. The van der Waals surface area contributed by atoms with Gasteiger partial charge in [-0.2, -0.15) is 0 Å². The van der Waals surface area contributed by atoms with E-state index >= 15 is 0 Å². The Balaban J connectivity index is 1.78. The molecule has 3 fully saturated rings. The van der Waals surface area contributed by atoms with Gasteiger partial charge in [-0.3, -0.25) is 10.6 Å². The van der Waals surface area contributed by atoms with Crippen LogP contribution in [0.5, 0.6) is 0 Å². The fourth-order valence-corrected chi connectivity index (χ4v) is 3.18. The molecule has 2 aliphatic carbocycles. The molecule has 3 rings (SSSR count). The van der Waals surface area contributed by atoms with Crippen LogP contribution in [-0.4, -0.2) is 18.2 Å². The maximum absolute atomic E-state index is 3.67. The third-order valence-electron chi connectivity index (χ3n) is 4.13. The zero-order valence-corrected chi connectivity index (χ0v) is 7.72. The van der Waals surface area contributed by atoms with Crippen molar-refractivity contribution >= 4 is 0 Å². The number of nitrogens with one attached hydrogen (secondary N) is 2. The molecule has 1 saturated heterocycles. The third kappa shape index (κ3) is 0.882. The van der Waals surface area contributed by atoms with Crippen LogP contribution in [0.4, 0.5) is 0 Å². The van der Waals surface area contributed by atoms with Gasteiger partial charge < -0.3 is 0 Å². The Bertz CT molecular complexity index is 172. The van der Waals surface area contributed by atoms with Gasteiger partial charge in [-0.1, -0.05) is 0 Å². The molecule has 2 nitrogen and oxygen atoms in total. The lowest BCUT2D eigenvalue weighted by molar-refractivity contribution is 0.0766. The molecule has 4 unspecified atom stereocenters. The van der Waals surface area contributed by atoms with Crippen molar-refractivity contribution in [1.29, 1.82) is 0 Å². The van der Waals surface area contributed by atoms with Gasteiger partial charge in [0.25, 0.3) is 0 Å². The van der Waals surface area contributed by atoms with Crippen LogP contribution in [0.25, 0.3) is 0 Å². The Labute approximate surface area is 74.1 Å². The topological polar surface area (TPSA) is 24.1 Å². The summed E-state index contributed by atoms with van der Waals surface area (Å²) in [5.74, 6) is 2.03. The third-order valence-corrected chi connectivity index (χ3v) is 4.13. The van der Waals surface area contributed by atoms with Crippen LogP contribution < -0.4 is 10.6 Å². The van der Waals surface area contributed by atoms with E-state index in [1.807, 2.05) is 0 Å². The molecule has 12 heavy (non-hydrogen) atoms. The van der Waals surface area contributed by atoms with Gasteiger partial charge >= 0.3 is 0 Å². The van der Waals surface area contributed by atoms with Crippen molar-refractivity contribution in [2.45, 2.75) is 50.9 Å². The molecule has 3 aliphatic rings. The Kier molecular flexibility index (Phi) is 1.50. The molecule has 0 aromatic heterocycles. The maximum Gasteiger partial charge on any atom is 0.0546 e. The minimum absolute atomic E-state index is 0.549. The molecule has 0 aromatic rings. The van der Waals surface area contributed by atoms with E-state index in [1.165, 1.54) is 25.7 Å². The highest BCUT2D eigenvalue weighted by molar-refractivity contribution is 5.03. The van der Waals surface area contributed by atoms with E-state index in [2.05, 4.69) is 17.6 Å². The van der Waals surface area contributed by atoms with Gasteiger partial charge in [-0.15, -0.1) is 0 Å². The second kappa shape index (κ2) is 2.46. The molecule has 1 aliphatic heterocycles. The van der Waals surface area contributed by atoms with Crippen LogP contribution in [0.15, 0.2) is 0 Å². The predicted octanol–water partition coefficient (Wildman–Crippen LogP) is 1.08. The molecule has 5 atom stereocenters. The molecular formula is C10H18N2. The van der Waals surface area contributed by atoms with Crippen molar-refractivity contribution < 1.29 is 0 Å². The summed E-state index contributed by atoms with van der Waals surface area (Å²) in [6.07, 6.45) is 6.34. The highest BCUT2D eigenvalue weighted by Crippen LogP contribution is 2.45. The lowest BCUT2D eigenvalue weighted by atomic mass is 9.62. The molecule has 0 spiro atoms. The van der Waals surface area contributed by atoms with E-state index < -0.39 is 0 Å². The van der Waals surface area contributed by atoms with Gasteiger partial charge in [0.1, 0.15) is 0 Å². The minimum Gasteiger partial charge on any atom is -0.299 e. The quantitative estimate of drug-likeness (QED) is 0.563. The van der Waals surface area contributed by atoms with Crippen LogP contribution in [0, 0.1) is 11.8 Å². The van der Waals surface area contributed by atoms with E-state index in [4.69, 9.17) is 0 Å². The van der Waals surface area contributed by atoms with Gasteiger partial charge in [0, 0.05) is 12.1 Å². The minimum atomic E-state index is 0.549. The summed E-state index contributed by atoms with van der Waals surface area (Å²) in [5, 5.41) is 7.34. The Morgan fingerprint density at radius 3 is 1.67 bits per heavy atom. The van der Waals surface area contributed by atoms with Crippen LogP contribution in [0.3, 0.4) is 0 Å². The fourth-order valence-electron chi connectivity index (χ4n) is 3.18. The maximum atomic E-state index is 3.67. The van der Waals surface area contributed by atoms with Crippen molar-refractivity contribution in [3.63, 3.8) is 0 Å². The van der Waals surface area contributed by atoms with Crippen molar-refractivity contribution in [2.75, 3.05) is 0 Å². The van der Waals surface area contributed by atoms with Gasteiger partial charge in [-0.25, -0.2) is 0 Å². The molecule has 2 heteroatoms. The average Bonchev–Trinajstić information content (AvgIpc) is 2.05. The monoisotopic (exact) mass is 166 g/mol. The van der Waals surface area contributed by atoms with Crippen LogP contribution in [0.2, 0.25) is 0 Å². The largest absolute Gasteiger partial charge is 0.299 e. The van der Waals surface area contributed by atoms with Crippen LogP contribution >= 0.6 is 0 Å². The van der Waals surface area contributed by atoms with Gasteiger partial charge in [0.15, 0.2) is 0 Å². The summed E-state index contributed by atoms with van der Waals surface area (Å²) in [6.45, 7) is 2.26. The number of hydrogen-bond donors (Lipinski definition) is 2. The van der Waals surface area contributed by atoms with Crippen molar-refractivity contribution in [2.24, 2.45) is 11.8 Å². The van der Waals surface area contributed by atoms with Gasteiger partial charge in [-0.05, 0) is 44.4 Å². The lowest BCUT2D eigenvalue weighted by Gasteiger charge is -2.47. The van der Waals surface area contributed by atoms with Crippen LogP contribution in [-0.2, 0) is 0 Å². The van der Waals surface area contributed by atoms with E-state index in [0.29, 0.717) is 6.17 Å². The van der Waals surface area contributed by atoms with E-state index in [0.717, 1.165) is 23.9 Å². The summed E-state index contributed by atoms with van der Waals surface area (Å²) in [6, 6.07) is 1.70. The van der Waals surface area contributed by atoms with Gasteiger partial charge in [0.2, 0.25) is 0 Å². The number of fused-ring (bicyclic) bond motifs is 3. The highest BCUT2D eigenvalue weighted by atomic mass is 15.2. The van der Waals surface area contributed by atoms with E-state index in [-0.39, 0.29) is 0 Å². The first-order valence-corrected chi connectivity index (χ1v) is 5.37. The molecular weight excluding hydrogens is 148 g/mol. The normalized spacial score (nSPS) is 57.2. The molecule has 0 radical (unpaired) electrons. The summed E-state index contributed by atoms with van der Waals surface area (Å²) in [4.78, 5) is 0. The van der Waals surface area contributed by atoms with E-state index in [9.17, 15) is 0 Å². The zero-order valence-electron chi connectivity index (χ0n) is 7.72. The molecule has 1 heterocycles. The number of rotatable bonds is 0. The molecule has 68 valence electrons. The molecule has 0 aromatic carbocycles. The first-order valence-electron chi connectivity index (χ1n) is 5.37. The van der Waals surface area contributed by atoms with Crippen molar-refractivity contribution in [3.05, 3.63) is 0 Å². The molecule has 0 amide bonds. The number of hydrogen-bond acceptors (Lipinski definition) is 2. The smallest absolute Gasteiger partial charge is 0.0546 e. The lowest BCUT2D eigenvalue weighted by Crippen LogP contribution is -2.50. The Hall–Kier alpha value is -0.0800. The van der Waals surface area contributed by atoms with Crippen molar-refractivity contribution in [3.8, 4) is 0 Å². The first kappa shape index (κ1) is 7.34. The highest BCUT2D eigenvalue weighted by Gasteiger charge is 2.47. The summed E-state index contributed by atoms with van der Waals surface area (Å²) in [5.41, 5.74) is 0.